The minimum absolute atomic E-state index is 0.0801. The summed E-state index contributed by atoms with van der Waals surface area (Å²) >= 11 is 7.07. The van der Waals surface area contributed by atoms with Crippen molar-refractivity contribution in [1.82, 2.24) is 20.5 Å². The van der Waals surface area contributed by atoms with Crippen LogP contribution < -0.4 is 26.8 Å². The first-order chi connectivity index (χ1) is 20.1. The van der Waals surface area contributed by atoms with Crippen LogP contribution in [0.15, 0.2) is 34.6 Å². The first kappa shape index (κ1) is 28.6. The largest absolute Gasteiger partial charge is 0.353 e. The molecule has 6 aliphatic rings. The molecule has 1 spiro atoms. The number of ketones is 1. The maximum absolute atomic E-state index is 13.2. The molecule has 7 atom stereocenters. The molecule has 2 heterocycles. The number of carbonyl (C=O) groups excluding carboxylic acids is 5. The summed E-state index contributed by atoms with van der Waals surface area (Å²) in [5.41, 5.74) is 0.135. The molecule has 13 heteroatoms. The standard InChI is InChI=1S/C29H32ClN5O6S/c1-31-27(40)20(36)5-4-18(32-25(38)16-8-21(30)42-13-16)26(39)33-19-3-2-6-35(28(19)41)12-22(37)34-24-15-7-14-9-29(10-15)11-17(24)23(14)29/h2-3,6,8,13-15,17-18,23-24H,4-5,7,9-12H2,1H3,(H,31,40)(H,32,38)(H,33,39)(H,34,37)/t14?,15?,17?,18-,23?,24?,29?/m0/s1. The number of thiophene rings is 1. The molecule has 0 aliphatic heterocycles. The number of aromatic nitrogens is 1. The Morgan fingerprint density at radius 2 is 1.95 bits per heavy atom. The van der Waals surface area contributed by atoms with E-state index in [1.165, 1.54) is 61.0 Å². The minimum atomic E-state index is -1.24. The number of likely N-dealkylation sites (N-methyl/N-ethyl adjacent to an activating group) is 1. The Hall–Kier alpha value is -3.51. The van der Waals surface area contributed by atoms with Crippen LogP contribution >= 0.6 is 22.9 Å². The van der Waals surface area contributed by atoms with Crippen LogP contribution in [0.5, 0.6) is 0 Å². The van der Waals surface area contributed by atoms with E-state index in [0.29, 0.717) is 21.6 Å². The van der Waals surface area contributed by atoms with E-state index in [9.17, 15) is 28.8 Å². The van der Waals surface area contributed by atoms with Gasteiger partial charge in [0.2, 0.25) is 17.6 Å². The molecule has 5 bridgehead atoms. The summed E-state index contributed by atoms with van der Waals surface area (Å²) in [6.45, 7) is -0.183. The quantitative estimate of drug-likeness (QED) is 0.284. The van der Waals surface area contributed by atoms with E-state index in [1.807, 2.05) is 0 Å². The van der Waals surface area contributed by atoms with Gasteiger partial charge in [-0.3, -0.25) is 28.8 Å². The van der Waals surface area contributed by atoms with Gasteiger partial charge in [-0.05, 0) is 79.4 Å². The Balaban J connectivity index is 1.11. The van der Waals surface area contributed by atoms with Crippen LogP contribution in [0, 0.1) is 29.1 Å². The number of hydrogen-bond donors (Lipinski definition) is 4. The highest BCUT2D eigenvalue weighted by Crippen LogP contribution is 2.79. The maximum atomic E-state index is 13.2. The van der Waals surface area contributed by atoms with Gasteiger partial charge in [0.25, 0.3) is 17.4 Å². The summed E-state index contributed by atoms with van der Waals surface area (Å²) in [6.07, 6.45) is 5.93. The first-order valence-corrected chi connectivity index (χ1v) is 15.4. The van der Waals surface area contributed by atoms with E-state index in [1.54, 1.807) is 6.07 Å². The Morgan fingerprint density at radius 1 is 1.17 bits per heavy atom. The number of anilines is 1. The van der Waals surface area contributed by atoms with Crippen molar-refractivity contribution in [2.24, 2.45) is 29.1 Å². The number of hydrogen-bond acceptors (Lipinski definition) is 7. The molecule has 0 radical (unpaired) electrons. The third-order valence-corrected chi connectivity index (χ3v) is 10.8. The van der Waals surface area contributed by atoms with E-state index in [-0.39, 0.29) is 42.6 Å². The lowest BCUT2D eigenvalue weighted by molar-refractivity contribution is -0.289. The van der Waals surface area contributed by atoms with E-state index in [2.05, 4.69) is 21.3 Å². The van der Waals surface area contributed by atoms with Crippen molar-refractivity contribution in [2.45, 2.75) is 57.2 Å². The van der Waals surface area contributed by atoms with Crippen LogP contribution in [-0.2, 0) is 25.7 Å². The monoisotopic (exact) mass is 613 g/mol. The van der Waals surface area contributed by atoms with Gasteiger partial charge in [-0.1, -0.05) is 11.6 Å². The second-order valence-electron chi connectivity index (χ2n) is 12.1. The lowest BCUT2D eigenvalue weighted by Gasteiger charge is -2.79. The lowest BCUT2D eigenvalue weighted by Crippen LogP contribution is -2.76. The molecule has 8 rings (SSSR count). The Morgan fingerprint density at radius 3 is 2.62 bits per heavy atom. The second-order valence-corrected chi connectivity index (χ2v) is 13.6. The van der Waals surface area contributed by atoms with Crippen molar-refractivity contribution in [2.75, 3.05) is 12.4 Å². The number of halogens is 1. The van der Waals surface area contributed by atoms with E-state index in [0.717, 1.165) is 23.2 Å². The molecule has 222 valence electrons. The number of nitrogens with one attached hydrogen (secondary N) is 4. The summed E-state index contributed by atoms with van der Waals surface area (Å²) in [7, 11) is 1.32. The van der Waals surface area contributed by atoms with E-state index < -0.39 is 35.1 Å². The number of carbonyl (C=O) groups is 5. The zero-order chi connectivity index (χ0) is 29.8. The smallest absolute Gasteiger partial charge is 0.287 e. The molecule has 6 saturated carbocycles. The molecule has 6 unspecified atom stereocenters. The SMILES string of the molecule is CNC(=O)C(=O)CC[C@H](NC(=O)c1csc(Cl)c1)C(=O)Nc1cccn(CC(=O)NC2C3CC4CC5(C3)CC2C45)c1=O. The predicted octanol–water partition coefficient (Wildman–Crippen LogP) is 1.95. The molecule has 4 amide bonds. The van der Waals surface area contributed by atoms with Gasteiger partial charge in [-0.15, -0.1) is 11.3 Å². The maximum Gasteiger partial charge on any atom is 0.287 e. The molecular formula is C29H32ClN5O6S. The van der Waals surface area contributed by atoms with Crippen LogP contribution in [0.4, 0.5) is 5.69 Å². The van der Waals surface area contributed by atoms with Crippen LogP contribution in [0.2, 0.25) is 4.34 Å². The molecule has 6 aliphatic carbocycles. The Labute approximate surface area is 250 Å². The highest BCUT2D eigenvalue weighted by Gasteiger charge is 2.74. The first-order valence-electron chi connectivity index (χ1n) is 14.2. The fourth-order valence-electron chi connectivity index (χ4n) is 8.14. The minimum Gasteiger partial charge on any atom is -0.353 e. The van der Waals surface area contributed by atoms with Crippen molar-refractivity contribution in [1.29, 1.82) is 0 Å². The molecular weight excluding hydrogens is 582 g/mol. The van der Waals surface area contributed by atoms with Gasteiger partial charge < -0.3 is 25.8 Å². The Bertz CT molecular complexity index is 1530. The topological polar surface area (TPSA) is 155 Å². The zero-order valence-corrected chi connectivity index (χ0v) is 24.6. The summed E-state index contributed by atoms with van der Waals surface area (Å²) in [5.74, 6) is -0.492. The molecule has 0 saturated heterocycles. The molecule has 42 heavy (non-hydrogen) atoms. The highest BCUT2D eigenvalue weighted by molar-refractivity contribution is 7.14. The average Bonchev–Trinajstić information content (AvgIpc) is 3.39. The van der Waals surface area contributed by atoms with Crippen LogP contribution in [0.1, 0.15) is 48.9 Å². The fraction of sp³-hybridized carbons (Fsp3) is 0.517. The van der Waals surface area contributed by atoms with Gasteiger partial charge in [0.1, 0.15) is 18.3 Å². The fourth-order valence-corrected chi connectivity index (χ4v) is 9.00. The summed E-state index contributed by atoms with van der Waals surface area (Å²) in [4.78, 5) is 75.9. The molecule has 11 nitrogen and oxygen atoms in total. The number of rotatable bonds is 11. The van der Waals surface area contributed by atoms with Gasteiger partial charge in [0, 0.05) is 31.1 Å². The van der Waals surface area contributed by atoms with Gasteiger partial charge in [0.05, 0.1) is 9.90 Å². The molecule has 2 aromatic heterocycles. The highest BCUT2D eigenvalue weighted by atomic mass is 35.5. The van der Waals surface area contributed by atoms with Crippen molar-refractivity contribution >= 4 is 58.0 Å². The number of nitrogens with zero attached hydrogens (tertiary/aromatic N) is 1. The molecule has 6 fully saturated rings. The third-order valence-electron chi connectivity index (χ3n) is 9.74. The third kappa shape index (κ3) is 5.04. The summed E-state index contributed by atoms with van der Waals surface area (Å²) in [5, 5.41) is 12.0. The Kier molecular flexibility index (Phi) is 7.46. The van der Waals surface area contributed by atoms with Crippen LogP contribution in [0.25, 0.3) is 0 Å². The summed E-state index contributed by atoms with van der Waals surface area (Å²) < 4.78 is 1.62. The zero-order valence-electron chi connectivity index (χ0n) is 23.0. The lowest BCUT2D eigenvalue weighted by atomic mass is 9.27. The van der Waals surface area contributed by atoms with Crippen molar-refractivity contribution < 1.29 is 24.0 Å². The van der Waals surface area contributed by atoms with E-state index in [4.69, 9.17) is 11.6 Å². The van der Waals surface area contributed by atoms with Crippen LogP contribution in [0.3, 0.4) is 0 Å². The summed E-state index contributed by atoms with van der Waals surface area (Å²) in [6, 6.07) is 3.32. The van der Waals surface area contributed by atoms with E-state index >= 15 is 0 Å². The van der Waals surface area contributed by atoms with Gasteiger partial charge in [0.15, 0.2) is 0 Å². The van der Waals surface area contributed by atoms with Gasteiger partial charge in [-0.25, -0.2) is 0 Å². The second kappa shape index (κ2) is 11.0. The van der Waals surface area contributed by atoms with Crippen molar-refractivity contribution in [3.63, 3.8) is 0 Å². The normalized spacial score (nSPS) is 28.5. The predicted molar refractivity (Wildman–Crippen MR) is 155 cm³/mol. The average molecular weight is 614 g/mol. The van der Waals surface area contributed by atoms with Gasteiger partial charge in [-0.2, -0.15) is 0 Å². The van der Waals surface area contributed by atoms with Crippen LogP contribution in [-0.4, -0.2) is 53.1 Å². The molecule has 4 N–H and O–H groups in total. The number of amides is 4. The van der Waals surface area contributed by atoms with Gasteiger partial charge >= 0.3 is 0 Å². The molecule has 0 aromatic carbocycles. The molecule has 2 aromatic rings. The van der Waals surface area contributed by atoms with Crippen molar-refractivity contribution in [3.8, 4) is 0 Å². The number of Topliss-reactive ketones (excluding diaryl/α,β-unsaturated/α-hetero) is 1. The van der Waals surface area contributed by atoms with Crippen molar-refractivity contribution in [3.05, 3.63) is 50.0 Å². The number of pyridine rings is 1.